The monoisotopic (exact) mass is 461 g/mol. The van der Waals surface area contributed by atoms with Crippen molar-refractivity contribution in [2.24, 2.45) is 0 Å². The van der Waals surface area contributed by atoms with Gasteiger partial charge >= 0.3 is 0 Å². The highest BCUT2D eigenvalue weighted by Gasteiger charge is 2.23. The zero-order chi connectivity index (χ0) is 23.5. The number of nitrogens with zero attached hydrogens (tertiary/aromatic N) is 5. The first kappa shape index (κ1) is 23.3. The number of likely N-dealkylation sites (tertiary alicyclic amines) is 1. The molecule has 2 aromatic heterocycles. The van der Waals surface area contributed by atoms with Gasteiger partial charge in [-0.15, -0.1) is 0 Å². The number of aromatic nitrogens is 4. The van der Waals surface area contributed by atoms with Gasteiger partial charge in [0.2, 0.25) is 5.82 Å². The summed E-state index contributed by atoms with van der Waals surface area (Å²) in [6.45, 7) is 11.1. The Labute approximate surface area is 203 Å². The van der Waals surface area contributed by atoms with Crippen molar-refractivity contribution in [3.8, 4) is 23.0 Å². The van der Waals surface area contributed by atoms with Crippen molar-refractivity contribution in [1.29, 1.82) is 0 Å². The van der Waals surface area contributed by atoms with Gasteiger partial charge in [-0.05, 0) is 101 Å². The Morgan fingerprint density at radius 3 is 2.35 bits per heavy atom. The van der Waals surface area contributed by atoms with E-state index in [0.717, 1.165) is 30.8 Å². The predicted octanol–water partition coefficient (Wildman–Crippen LogP) is 6.31. The van der Waals surface area contributed by atoms with Gasteiger partial charge in [0.25, 0.3) is 5.89 Å². The van der Waals surface area contributed by atoms with Crippen LogP contribution in [0.5, 0.6) is 0 Å². The van der Waals surface area contributed by atoms with Crippen LogP contribution in [0.25, 0.3) is 23.0 Å². The maximum Gasteiger partial charge on any atom is 0.258 e. The minimum absolute atomic E-state index is 0.578. The molecule has 1 aromatic carbocycles. The molecule has 1 saturated carbocycles. The van der Waals surface area contributed by atoms with Crippen LogP contribution in [0.15, 0.2) is 22.7 Å². The number of piperidine rings is 1. The van der Waals surface area contributed by atoms with Gasteiger partial charge in [-0.25, -0.2) is 0 Å². The second-order valence-corrected chi connectivity index (χ2v) is 10.3. The zero-order valence-corrected chi connectivity index (χ0v) is 21.1. The minimum Gasteiger partial charge on any atom is -0.334 e. The van der Waals surface area contributed by atoms with E-state index in [1.807, 2.05) is 0 Å². The summed E-state index contributed by atoms with van der Waals surface area (Å²) in [4.78, 5) is 7.36. The van der Waals surface area contributed by atoms with Crippen LogP contribution < -0.4 is 0 Å². The molecule has 1 aliphatic carbocycles. The fourth-order valence-corrected chi connectivity index (χ4v) is 5.93. The minimum atomic E-state index is 0.578. The average Bonchev–Trinajstić information content (AvgIpc) is 3.52. The average molecular weight is 462 g/mol. The quantitative estimate of drug-likeness (QED) is 0.412. The molecular formula is C28H39N5O. The molecule has 3 aromatic rings. The molecule has 34 heavy (non-hydrogen) atoms. The van der Waals surface area contributed by atoms with Gasteiger partial charge in [0.1, 0.15) is 5.69 Å². The summed E-state index contributed by atoms with van der Waals surface area (Å²) in [5.74, 6) is 1.77. The lowest BCUT2D eigenvalue weighted by Gasteiger charge is -2.27. The molecule has 0 bridgehead atoms. The normalized spacial score (nSPS) is 18.0. The van der Waals surface area contributed by atoms with Crippen molar-refractivity contribution in [2.75, 3.05) is 19.6 Å². The van der Waals surface area contributed by atoms with Gasteiger partial charge in [-0.2, -0.15) is 10.1 Å². The third-order valence-corrected chi connectivity index (χ3v) is 7.86. The zero-order valence-electron chi connectivity index (χ0n) is 21.1. The van der Waals surface area contributed by atoms with Gasteiger partial charge in [0, 0.05) is 30.3 Å². The first-order valence-corrected chi connectivity index (χ1v) is 13.4. The van der Waals surface area contributed by atoms with E-state index in [4.69, 9.17) is 14.6 Å². The smallest absolute Gasteiger partial charge is 0.258 e. The number of hydrogen-bond donors (Lipinski definition) is 0. The molecule has 0 atom stereocenters. The van der Waals surface area contributed by atoms with Gasteiger partial charge in [0.15, 0.2) is 0 Å². The van der Waals surface area contributed by atoms with Crippen molar-refractivity contribution in [3.63, 3.8) is 0 Å². The molecule has 3 heterocycles. The molecule has 6 heteroatoms. The number of rotatable bonds is 7. The first-order chi connectivity index (χ1) is 16.6. The van der Waals surface area contributed by atoms with E-state index < -0.39 is 0 Å². The Balaban J connectivity index is 1.34. The Morgan fingerprint density at radius 1 is 0.941 bits per heavy atom. The van der Waals surface area contributed by atoms with E-state index in [9.17, 15) is 0 Å². The standard InChI is InChI=1S/C28H39N5O/c1-4-33-26(22-11-7-5-8-12-22)19-25(30-33)27-29-28(34-31-27)23-17-20(2)24(21(3)18-23)13-16-32-14-9-6-10-15-32/h17-19,22H,4-16H2,1-3H3. The molecular weight excluding hydrogens is 422 g/mol. The van der Waals surface area contributed by atoms with E-state index in [1.54, 1.807) is 0 Å². The fourth-order valence-electron chi connectivity index (χ4n) is 5.93. The summed E-state index contributed by atoms with van der Waals surface area (Å²) in [5.41, 5.74) is 7.21. The molecule has 0 unspecified atom stereocenters. The molecule has 1 saturated heterocycles. The highest BCUT2D eigenvalue weighted by atomic mass is 16.5. The molecule has 0 N–H and O–H groups in total. The number of aryl methyl sites for hydroxylation is 3. The van der Waals surface area contributed by atoms with E-state index in [2.05, 4.69) is 53.7 Å². The maximum absolute atomic E-state index is 5.72. The van der Waals surface area contributed by atoms with E-state index in [1.165, 1.54) is 86.8 Å². The predicted molar refractivity (Wildman–Crippen MR) is 136 cm³/mol. The summed E-state index contributed by atoms with van der Waals surface area (Å²) in [6, 6.07) is 6.59. The molecule has 0 spiro atoms. The maximum atomic E-state index is 5.72. The van der Waals surface area contributed by atoms with E-state index in [0.29, 0.717) is 17.6 Å². The Bertz CT molecular complexity index is 1080. The van der Waals surface area contributed by atoms with E-state index in [-0.39, 0.29) is 0 Å². The topological polar surface area (TPSA) is 60.0 Å². The van der Waals surface area contributed by atoms with E-state index >= 15 is 0 Å². The highest BCUT2D eigenvalue weighted by Crippen LogP contribution is 2.34. The summed E-state index contributed by atoms with van der Waals surface area (Å²) in [5, 5.41) is 9.13. The van der Waals surface area contributed by atoms with Gasteiger partial charge in [0.05, 0.1) is 0 Å². The van der Waals surface area contributed by atoms with Gasteiger partial charge in [-0.3, -0.25) is 4.68 Å². The lowest BCUT2D eigenvalue weighted by atomic mass is 9.87. The van der Waals surface area contributed by atoms with Gasteiger partial charge in [-0.1, -0.05) is 30.8 Å². The van der Waals surface area contributed by atoms with Crippen LogP contribution in [0.2, 0.25) is 0 Å². The van der Waals surface area contributed by atoms with Crippen molar-refractivity contribution < 1.29 is 4.52 Å². The van der Waals surface area contributed by atoms with Crippen LogP contribution in [-0.2, 0) is 13.0 Å². The van der Waals surface area contributed by atoms with Crippen LogP contribution in [0, 0.1) is 13.8 Å². The van der Waals surface area contributed by atoms with Crippen LogP contribution in [0.1, 0.15) is 86.6 Å². The number of benzene rings is 1. The van der Waals surface area contributed by atoms with Crippen molar-refractivity contribution >= 4 is 0 Å². The third kappa shape index (κ3) is 4.97. The Morgan fingerprint density at radius 2 is 1.65 bits per heavy atom. The molecule has 2 fully saturated rings. The summed E-state index contributed by atoms with van der Waals surface area (Å²) in [7, 11) is 0. The lowest BCUT2D eigenvalue weighted by molar-refractivity contribution is 0.231. The van der Waals surface area contributed by atoms with Crippen LogP contribution in [0.4, 0.5) is 0 Å². The SMILES string of the molecule is CCn1nc(-c2noc(-c3cc(C)c(CCN4CCCCC4)c(C)c3)n2)cc1C1CCCCC1. The molecule has 1 aliphatic heterocycles. The summed E-state index contributed by atoms with van der Waals surface area (Å²) in [6.07, 6.45) is 11.7. The van der Waals surface area contributed by atoms with Crippen LogP contribution in [-0.4, -0.2) is 44.5 Å². The molecule has 5 rings (SSSR count). The highest BCUT2D eigenvalue weighted by molar-refractivity contribution is 5.61. The largest absolute Gasteiger partial charge is 0.334 e. The lowest BCUT2D eigenvalue weighted by Crippen LogP contribution is -2.31. The van der Waals surface area contributed by atoms with Crippen molar-refractivity contribution in [2.45, 2.75) is 91.0 Å². The second kappa shape index (κ2) is 10.4. The van der Waals surface area contributed by atoms with Crippen molar-refractivity contribution in [3.05, 3.63) is 40.6 Å². The Hall–Kier alpha value is -2.47. The second-order valence-electron chi connectivity index (χ2n) is 10.3. The van der Waals surface area contributed by atoms with Crippen molar-refractivity contribution in [1.82, 2.24) is 24.8 Å². The van der Waals surface area contributed by atoms with Crippen LogP contribution >= 0.6 is 0 Å². The fraction of sp³-hybridized carbons (Fsp3) is 0.607. The molecule has 182 valence electrons. The summed E-state index contributed by atoms with van der Waals surface area (Å²) >= 11 is 0. The Kier molecular flexibility index (Phi) is 7.14. The summed E-state index contributed by atoms with van der Waals surface area (Å²) < 4.78 is 7.85. The molecule has 0 radical (unpaired) electrons. The molecule has 0 amide bonds. The third-order valence-electron chi connectivity index (χ3n) is 7.86. The van der Waals surface area contributed by atoms with Crippen LogP contribution in [0.3, 0.4) is 0 Å². The van der Waals surface area contributed by atoms with Gasteiger partial charge < -0.3 is 9.42 Å². The molecule has 6 nitrogen and oxygen atoms in total. The molecule has 2 aliphatic rings. The first-order valence-electron chi connectivity index (χ1n) is 13.4. The number of hydrogen-bond acceptors (Lipinski definition) is 5.